The van der Waals surface area contributed by atoms with E-state index in [4.69, 9.17) is 0 Å². The molecule has 98 valence electrons. The molecule has 0 unspecified atom stereocenters. The van der Waals surface area contributed by atoms with Gasteiger partial charge in [0.15, 0.2) is 6.29 Å². The van der Waals surface area contributed by atoms with Crippen molar-refractivity contribution in [3.8, 4) is 0 Å². The van der Waals surface area contributed by atoms with Gasteiger partial charge in [0.05, 0.1) is 31.0 Å². The van der Waals surface area contributed by atoms with Crippen LogP contribution in [0, 0.1) is 5.82 Å². The zero-order chi connectivity index (χ0) is 13.8. The highest BCUT2D eigenvalue weighted by Crippen LogP contribution is 2.14. The number of nitrogens with zero attached hydrogens (tertiary/aromatic N) is 2. The molecule has 2 aromatic rings. The molecule has 1 aromatic carbocycles. The lowest BCUT2D eigenvalue weighted by atomic mass is 10.1. The molecule has 0 aliphatic rings. The first kappa shape index (κ1) is 12.9. The van der Waals surface area contributed by atoms with Crippen molar-refractivity contribution in [2.45, 2.75) is 6.54 Å². The van der Waals surface area contributed by atoms with Crippen molar-refractivity contribution in [1.29, 1.82) is 0 Å². The van der Waals surface area contributed by atoms with Crippen LogP contribution in [0.1, 0.15) is 26.3 Å². The Bertz CT molecular complexity index is 622. The van der Waals surface area contributed by atoms with Crippen LogP contribution in [-0.4, -0.2) is 29.1 Å². The van der Waals surface area contributed by atoms with E-state index in [1.165, 1.54) is 36.3 Å². The van der Waals surface area contributed by atoms with Crippen molar-refractivity contribution in [2.75, 3.05) is 7.11 Å². The van der Waals surface area contributed by atoms with E-state index in [-0.39, 0.29) is 12.1 Å². The first-order valence-corrected chi connectivity index (χ1v) is 5.48. The third-order valence-corrected chi connectivity index (χ3v) is 2.60. The quantitative estimate of drug-likeness (QED) is 0.621. The first-order chi connectivity index (χ1) is 9.13. The monoisotopic (exact) mass is 262 g/mol. The summed E-state index contributed by atoms with van der Waals surface area (Å²) in [5, 5.41) is 3.97. The highest BCUT2D eigenvalue weighted by atomic mass is 19.1. The summed E-state index contributed by atoms with van der Waals surface area (Å²) < 4.78 is 19.3. The number of carbonyl (C=O) groups is 2. The van der Waals surface area contributed by atoms with Crippen LogP contribution in [0.3, 0.4) is 0 Å². The summed E-state index contributed by atoms with van der Waals surface area (Å²) in [6.07, 6.45) is 3.63. The summed E-state index contributed by atoms with van der Waals surface area (Å²) in [6.45, 7) is 0.249. The minimum absolute atomic E-state index is 0.144. The summed E-state index contributed by atoms with van der Waals surface area (Å²) in [5.74, 6) is -1.13. The van der Waals surface area contributed by atoms with Gasteiger partial charge in [-0.05, 0) is 17.7 Å². The second kappa shape index (κ2) is 5.43. The highest BCUT2D eigenvalue weighted by Gasteiger charge is 2.13. The Labute approximate surface area is 108 Å². The van der Waals surface area contributed by atoms with Crippen LogP contribution < -0.4 is 0 Å². The van der Waals surface area contributed by atoms with Gasteiger partial charge in [-0.2, -0.15) is 5.10 Å². The fourth-order valence-corrected chi connectivity index (χ4v) is 1.69. The van der Waals surface area contributed by atoms with Crippen molar-refractivity contribution < 1.29 is 18.7 Å². The number of rotatable bonds is 4. The van der Waals surface area contributed by atoms with Crippen molar-refractivity contribution >= 4 is 12.3 Å². The van der Waals surface area contributed by atoms with Crippen molar-refractivity contribution in [3.05, 3.63) is 53.1 Å². The van der Waals surface area contributed by atoms with E-state index < -0.39 is 11.8 Å². The van der Waals surface area contributed by atoms with Crippen LogP contribution in [0.15, 0.2) is 30.6 Å². The Morgan fingerprint density at radius 1 is 1.53 bits per heavy atom. The minimum atomic E-state index is -0.614. The molecule has 0 radical (unpaired) electrons. The molecule has 2 rings (SSSR count). The van der Waals surface area contributed by atoms with Crippen LogP contribution in [0.4, 0.5) is 4.39 Å². The average Bonchev–Trinajstić information content (AvgIpc) is 2.87. The van der Waals surface area contributed by atoms with Gasteiger partial charge in [0, 0.05) is 6.20 Å². The van der Waals surface area contributed by atoms with Crippen LogP contribution in [0.2, 0.25) is 0 Å². The maximum Gasteiger partial charge on any atom is 0.338 e. The van der Waals surface area contributed by atoms with Crippen LogP contribution >= 0.6 is 0 Å². The predicted molar refractivity (Wildman–Crippen MR) is 64.5 cm³/mol. The number of halogens is 1. The Kier molecular flexibility index (Phi) is 3.70. The van der Waals surface area contributed by atoms with Gasteiger partial charge in [0.2, 0.25) is 0 Å². The number of ether oxygens (including phenoxy) is 1. The SMILES string of the molecule is COC(=O)c1cc(F)ccc1Cn1cc(C=O)cn1. The molecule has 6 heteroatoms. The lowest BCUT2D eigenvalue weighted by molar-refractivity contribution is 0.0598. The molecule has 0 aliphatic heterocycles. The van der Waals surface area contributed by atoms with Crippen molar-refractivity contribution in [1.82, 2.24) is 9.78 Å². The highest BCUT2D eigenvalue weighted by molar-refractivity contribution is 5.91. The number of benzene rings is 1. The molecule has 0 bridgehead atoms. The summed E-state index contributed by atoms with van der Waals surface area (Å²) in [6, 6.07) is 3.86. The Balaban J connectivity index is 2.33. The molecule has 0 fully saturated rings. The van der Waals surface area contributed by atoms with Gasteiger partial charge in [-0.3, -0.25) is 9.48 Å². The van der Waals surface area contributed by atoms with Crippen molar-refractivity contribution in [2.24, 2.45) is 0 Å². The summed E-state index contributed by atoms with van der Waals surface area (Å²) in [7, 11) is 1.23. The molecule has 0 aliphatic carbocycles. The molecule has 1 aromatic heterocycles. The van der Waals surface area contributed by atoms with Gasteiger partial charge in [-0.1, -0.05) is 6.07 Å². The van der Waals surface area contributed by atoms with Gasteiger partial charge < -0.3 is 4.74 Å². The van der Waals surface area contributed by atoms with E-state index >= 15 is 0 Å². The molecule has 0 N–H and O–H groups in total. The molecule has 5 nitrogen and oxygen atoms in total. The largest absolute Gasteiger partial charge is 0.465 e. The van der Waals surface area contributed by atoms with E-state index in [1.807, 2.05) is 0 Å². The number of hydrogen-bond acceptors (Lipinski definition) is 4. The zero-order valence-electron chi connectivity index (χ0n) is 10.2. The van der Waals surface area contributed by atoms with Gasteiger partial charge in [-0.15, -0.1) is 0 Å². The van der Waals surface area contributed by atoms with E-state index in [1.54, 1.807) is 0 Å². The van der Waals surface area contributed by atoms with E-state index in [2.05, 4.69) is 9.84 Å². The molecule has 19 heavy (non-hydrogen) atoms. The molecule has 0 saturated carbocycles. The number of carbonyl (C=O) groups excluding carboxylic acids is 2. The van der Waals surface area contributed by atoms with Gasteiger partial charge in [-0.25, -0.2) is 9.18 Å². The average molecular weight is 262 g/mol. The number of esters is 1. The summed E-state index contributed by atoms with van der Waals surface area (Å²) >= 11 is 0. The lowest BCUT2D eigenvalue weighted by Crippen LogP contribution is -2.10. The third kappa shape index (κ3) is 2.85. The molecule has 1 heterocycles. The minimum Gasteiger partial charge on any atom is -0.465 e. The number of hydrogen-bond donors (Lipinski definition) is 0. The molecule has 0 spiro atoms. The fourth-order valence-electron chi connectivity index (χ4n) is 1.69. The Morgan fingerprint density at radius 2 is 2.32 bits per heavy atom. The Morgan fingerprint density at radius 3 is 2.95 bits per heavy atom. The maximum atomic E-state index is 13.2. The van der Waals surface area contributed by atoms with Gasteiger partial charge in [0.25, 0.3) is 0 Å². The lowest BCUT2D eigenvalue weighted by Gasteiger charge is -2.08. The van der Waals surface area contributed by atoms with E-state index in [0.717, 1.165) is 6.07 Å². The second-order valence-corrected chi connectivity index (χ2v) is 3.88. The fraction of sp³-hybridized carbons (Fsp3) is 0.154. The smallest absolute Gasteiger partial charge is 0.338 e. The van der Waals surface area contributed by atoms with Gasteiger partial charge >= 0.3 is 5.97 Å². The molecule has 0 atom stereocenters. The molecule has 0 saturated heterocycles. The number of aromatic nitrogens is 2. The normalized spacial score (nSPS) is 10.2. The number of aldehydes is 1. The Hall–Kier alpha value is -2.50. The van der Waals surface area contributed by atoms with Crippen LogP contribution in [-0.2, 0) is 11.3 Å². The predicted octanol–water partition coefficient (Wildman–Crippen LogP) is 1.67. The van der Waals surface area contributed by atoms with E-state index in [0.29, 0.717) is 17.4 Å². The standard InChI is InChI=1S/C13H11FN2O3/c1-19-13(18)12-4-11(14)3-2-10(12)7-16-6-9(8-17)5-15-16/h2-6,8H,7H2,1H3. The van der Waals surface area contributed by atoms with Crippen molar-refractivity contribution in [3.63, 3.8) is 0 Å². The zero-order valence-corrected chi connectivity index (χ0v) is 10.2. The van der Waals surface area contributed by atoms with E-state index in [9.17, 15) is 14.0 Å². The second-order valence-electron chi connectivity index (χ2n) is 3.88. The molecular formula is C13H11FN2O3. The number of methoxy groups -OCH3 is 1. The molecule has 0 amide bonds. The third-order valence-electron chi connectivity index (χ3n) is 2.60. The summed E-state index contributed by atoms with van der Waals surface area (Å²) in [5.41, 5.74) is 1.14. The van der Waals surface area contributed by atoms with Gasteiger partial charge in [0.1, 0.15) is 5.82 Å². The topological polar surface area (TPSA) is 61.2 Å². The van der Waals surface area contributed by atoms with Crippen LogP contribution in [0.5, 0.6) is 0 Å². The first-order valence-electron chi connectivity index (χ1n) is 5.48. The maximum absolute atomic E-state index is 13.2. The van der Waals surface area contributed by atoms with Crippen LogP contribution in [0.25, 0.3) is 0 Å². The molecular weight excluding hydrogens is 251 g/mol. The summed E-state index contributed by atoms with van der Waals surface area (Å²) in [4.78, 5) is 22.1.